The van der Waals surface area contributed by atoms with Gasteiger partial charge in [0.1, 0.15) is 5.69 Å². The number of hydrogen-bond acceptors (Lipinski definition) is 3. The Kier molecular flexibility index (Phi) is 4.48. The van der Waals surface area contributed by atoms with Crippen LogP contribution in [0.3, 0.4) is 0 Å². The summed E-state index contributed by atoms with van der Waals surface area (Å²) in [5.41, 5.74) is 6.94. The molecule has 7 heteroatoms. The molecule has 104 valence electrons. The lowest BCUT2D eigenvalue weighted by Crippen LogP contribution is -2.11. The number of hydrogen-bond donors (Lipinski definition) is 1. The first-order valence-electron chi connectivity index (χ1n) is 5.74. The van der Waals surface area contributed by atoms with Crippen molar-refractivity contribution < 1.29 is 17.9 Å². The zero-order chi connectivity index (χ0) is 13.9. The maximum Gasteiger partial charge on any atom is 0.389 e. The molecule has 0 atom stereocenters. The molecule has 0 aliphatic carbocycles. The molecule has 1 aromatic rings. The average molecular weight is 265 g/mol. The molecule has 0 saturated carbocycles. The Morgan fingerprint density at radius 2 is 2.00 bits per heavy atom. The van der Waals surface area contributed by atoms with Crippen LogP contribution in [0, 0.1) is 0 Å². The number of anilines is 1. The first-order valence-corrected chi connectivity index (χ1v) is 5.74. The van der Waals surface area contributed by atoms with Gasteiger partial charge >= 0.3 is 6.18 Å². The molecule has 0 spiro atoms. The van der Waals surface area contributed by atoms with E-state index in [1.165, 1.54) is 4.68 Å². The third kappa shape index (κ3) is 3.82. The fourth-order valence-corrected chi connectivity index (χ4v) is 1.58. The number of nitrogens with zero attached hydrogens (tertiary/aromatic N) is 2. The number of ether oxygens (including phenoxy) is 1. The zero-order valence-electron chi connectivity index (χ0n) is 10.7. The summed E-state index contributed by atoms with van der Waals surface area (Å²) < 4.78 is 42.6. The van der Waals surface area contributed by atoms with Gasteiger partial charge in [0, 0.05) is 13.5 Å². The van der Waals surface area contributed by atoms with Crippen molar-refractivity contribution in [3.63, 3.8) is 0 Å². The zero-order valence-corrected chi connectivity index (χ0v) is 10.7. The van der Waals surface area contributed by atoms with Gasteiger partial charge < -0.3 is 10.5 Å². The van der Waals surface area contributed by atoms with Gasteiger partial charge in [-0.25, -0.2) is 4.68 Å². The van der Waals surface area contributed by atoms with Gasteiger partial charge in [0.05, 0.1) is 12.3 Å². The lowest BCUT2D eigenvalue weighted by atomic mass is 10.1. The first kappa shape index (κ1) is 14.7. The molecule has 0 amide bonds. The van der Waals surface area contributed by atoms with Crippen LogP contribution in [0.1, 0.15) is 38.3 Å². The van der Waals surface area contributed by atoms with Crippen molar-refractivity contribution in [2.45, 2.75) is 38.8 Å². The molecule has 0 fully saturated rings. The van der Waals surface area contributed by atoms with Crippen molar-refractivity contribution in [1.29, 1.82) is 0 Å². The van der Waals surface area contributed by atoms with Crippen molar-refractivity contribution >= 4 is 5.69 Å². The van der Waals surface area contributed by atoms with Crippen LogP contribution < -0.4 is 10.5 Å². The Bertz CT molecular complexity index is 399. The Morgan fingerprint density at radius 3 is 2.44 bits per heavy atom. The average Bonchev–Trinajstić information content (AvgIpc) is 2.49. The maximum absolute atomic E-state index is 12.0. The first-order chi connectivity index (χ1) is 8.22. The molecule has 0 saturated heterocycles. The van der Waals surface area contributed by atoms with Gasteiger partial charge in [-0.2, -0.15) is 18.3 Å². The highest BCUT2D eigenvalue weighted by molar-refractivity contribution is 5.54. The molecule has 0 radical (unpaired) electrons. The summed E-state index contributed by atoms with van der Waals surface area (Å²) in [5, 5.41) is 4.18. The molecule has 4 nitrogen and oxygen atoms in total. The van der Waals surface area contributed by atoms with E-state index in [9.17, 15) is 13.2 Å². The molecule has 0 aliphatic rings. The quantitative estimate of drug-likeness (QED) is 0.833. The minimum Gasteiger partial charge on any atom is -0.476 e. The van der Waals surface area contributed by atoms with Gasteiger partial charge in [-0.1, -0.05) is 13.8 Å². The van der Waals surface area contributed by atoms with E-state index in [2.05, 4.69) is 5.10 Å². The van der Waals surface area contributed by atoms with Crippen molar-refractivity contribution in [3.05, 3.63) is 5.69 Å². The maximum atomic E-state index is 12.0. The summed E-state index contributed by atoms with van der Waals surface area (Å²) in [6.45, 7) is 3.85. The normalized spacial score (nSPS) is 12.2. The van der Waals surface area contributed by atoms with Gasteiger partial charge in [0.25, 0.3) is 0 Å². The third-order valence-corrected chi connectivity index (χ3v) is 2.45. The van der Waals surface area contributed by atoms with Gasteiger partial charge in [-0.3, -0.25) is 0 Å². The van der Waals surface area contributed by atoms with E-state index in [0.717, 1.165) is 0 Å². The number of nitrogens with two attached hydrogens (primary N) is 1. The number of rotatable bonds is 5. The lowest BCUT2D eigenvalue weighted by Gasteiger charge is -2.08. The van der Waals surface area contributed by atoms with Crippen LogP contribution in [-0.2, 0) is 7.05 Å². The molecule has 0 aliphatic heterocycles. The molecular formula is C11H18F3N3O. The van der Waals surface area contributed by atoms with Crippen LogP contribution >= 0.6 is 0 Å². The second kappa shape index (κ2) is 5.49. The molecular weight excluding hydrogens is 247 g/mol. The summed E-state index contributed by atoms with van der Waals surface area (Å²) in [5.74, 6) is 0.476. The molecule has 0 unspecified atom stereocenters. The SMILES string of the molecule is CC(C)c1nn(C)c(OCCCC(F)(F)F)c1N. The number of aryl methyl sites for hydroxylation is 1. The highest BCUT2D eigenvalue weighted by Crippen LogP contribution is 2.30. The Morgan fingerprint density at radius 1 is 1.39 bits per heavy atom. The number of halogens is 3. The standard InChI is InChI=1S/C11H18F3N3O/c1-7(2)9-8(15)10(17(3)16-9)18-6-4-5-11(12,13)14/h7H,4-6,15H2,1-3H3. The molecule has 0 bridgehead atoms. The van der Waals surface area contributed by atoms with E-state index in [1.54, 1.807) is 7.05 Å². The van der Waals surface area contributed by atoms with Crippen LogP contribution in [0.4, 0.5) is 18.9 Å². The van der Waals surface area contributed by atoms with Crippen molar-refractivity contribution in [1.82, 2.24) is 9.78 Å². The van der Waals surface area contributed by atoms with Gasteiger partial charge in [-0.05, 0) is 12.3 Å². The molecule has 0 aromatic carbocycles. The number of alkyl halides is 3. The van der Waals surface area contributed by atoms with E-state index in [1.807, 2.05) is 13.8 Å². The highest BCUT2D eigenvalue weighted by Gasteiger charge is 2.26. The van der Waals surface area contributed by atoms with Gasteiger partial charge in [0.2, 0.25) is 5.88 Å². The molecule has 18 heavy (non-hydrogen) atoms. The van der Waals surface area contributed by atoms with E-state index >= 15 is 0 Å². The smallest absolute Gasteiger partial charge is 0.389 e. The molecule has 1 heterocycles. The van der Waals surface area contributed by atoms with Crippen LogP contribution in [0.15, 0.2) is 0 Å². The summed E-state index contributed by atoms with van der Waals surface area (Å²) >= 11 is 0. The van der Waals surface area contributed by atoms with Crippen LogP contribution in [0.5, 0.6) is 5.88 Å². The predicted octanol–water partition coefficient (Wildman–Crippen LogP) is 2.85. The minimum atomic E-state index is -4.15. The van der Waals surface area contributed by atoms with Crippen molar-refractivity contribution in [2.24, 2.45) is 7.05 Å². The lowest BCUT2D eigenvalue weighted by molar-refractivity contribution is -0.136. The van der Waals surface area contributed by atoms with E-state index < -0.39 is 12.6 Å². The summed E-state index contributed by atoms with van der Waals surface area (Å²) in [6.07, 6.45) is -5.10. The fraction of sp³-hybridized carbons (Fsp3) is 0.727. The Balaban J connectivity index is 2.58. The summed E-state index contributed by atoms with van der Waals surface area (Å²) in [4.78, 5) is 0. The molecule has 1 rings (SSSR count). The number of aromatic nitrogens is 2. The molecule has 2 N–H and O–H groups in total. The van der Waals surface area contributed by atoms with Crippen LogP contribution in [0.25, 0.3) is 0 Å². The summed E-state index contributed by atoms with van der Waals surface area (Å²) in [6, 6.07) is 0. The monoisotopic (exact) mass is 265 g/mol. The largest absolute Gasteiger partial charge is 0.476 e. The van der Waals surface area contributed by atoms with Crippen molar-refractivity contribution in [2.75, 3.05) is 12.3 Å². The Hall–Kier alpha value is -1.40. The molecule has 1 aromatic heterocycles. The topological polar surface area (TPSA) is 53.1 Å². The van der Waals surface area contributed by atoms with E-state index in [0.29, 0.717) is 17.3 Å². The third-order valence-electron chi connectivity index (χ3n) is 2.45. The second-order valence-electron chi connectivity index (χ2n) is 4.45. The number of nitrogen functional groups attached to an aromatic ring is 1. The van der Waals surface area contributed by atoms with E-state index in [-0.39, 0.29) is 18.9 Å². The second-order valence-corrected chi connectivity index (χ2v) is 4.45. The highest BCUT2D eigenvalue weighted by atomic mass is 19.4. The van der Waals surface area contributed by atoms with Crippen LogP contribution in [-0.4, -0.2) is 22.6 Å². The fourth-order valence-electron chi connectivity index (χ4n) is 1.58. The van der Waals surface area contributed by atoms with Crippen molar-refractivity contribution in [3.8, 4) is 5.88 Å². The van der Waals surface area contributed by atoms with Gasteiger partial charge in [-0.15, -0.1) is 0 Å². The minimum absolute atomic E-state index is 0.0270. The summed E-state index contributed by atoms with van der Waals surface area (Å²) in [7, 11) is 1.65. The van der Waals surface area contributed by atoms with Crippen LogP contribution in [0.2, 0.25) is 0 Å². The van der Waals surface area contributed by atoms with Gasteiger partial charge in [0.15, 0.2) is 0 Å². The van der Waals surface area contributed by atoms with E-state index in [4.69, 9.17) is 10.5 Å². The Labute approximate surface area is 104 Å². The predicted molar refractivity (Wildman–Crippen MR) is 62.5 cm³/mol.